The highest BCUT2D eigenvalue weighted by Gasteiger charge is 2.83. The van der Waals surface area contributed by atoms with Gasteiger partial charge in [0.2, 0.25) is 5.91 Å². The molecule has 1 N–H and O–H groups in total. The number of anilines is 1. The molecular formula is C17H20Br3NO2. The van der Waals surface area contributed by atoms with Crippen molar-refractivity contribution in [3.8, 4) is 5.75 Å². The Balaban J connectivity index is 1.92. The summed E-state index contributed by atoms with van der Waals surface area (Å²) in [6.45, 7) is 4.41. The first-order chi connectivity index (χ1) is 10.8. The Morgan fingerprint density at radius 2 is 1.96 bits per heavy atom. The number of ether oxygens (including phenoxy) is 1. The molecule has 0 saturated heterocycles. The van der Waals surface area contributed by atoms with Crippen LogP contribution in [0.3, 0.4) is 0 Å². The summed E-state index contributed by atoms with van der Waals surface area (Å²) in [7, 11) is 1.62. The normalized spacial score (nSPS) is 34.1. The zero-order valence-corrected chi connectivity index (χ0v) is 18.1. The van der Waals surface area contributed by atoms with E-state index in [2.05, 4.69) is 67.0 Å². The minimum Gasteiger partial charge on any atom is -0.495 e. The number of benzene rings is 1. The van der Waals surface area contributed by atoms with E-state index in [1.54, 1.807) is 7.11 Å². The smallest absolute Gasteiger partial charge is 0.232 e. The molecule has 1 aromatic carbocycles. The van der Waals surface area contributed by atoms with Gasteiger partial charge in [-0.15, -0.1) is 0 Å². The quantitative estimate of drug-likeness (QED) is 0.558. The van der Waals surface area contributed by atoms with E-state index in [-0.39, 0.29) is 25.3 Å². The molecular weight excluding hydrogens is 490 g/mol. The number of fused-ring (bicyclic) bond motifs is 1. The van der Waals surface area contributed by atoms with E-state index >= 15 is 0 Å². The SMILES string of the molecule is COc1ccccc1NC(=O)[C@@]12CC[C@](C(Br)Br)([C@H]1Br)C2(C)C. The number of halogens is 3. The molecule has 0 aromatic heterocycles. The van der Waals surface area contributed by atoms with Gasteiger partial charge in [-0.05, 0) is 30.4 Å². The molecule has 3 atom stereocenters. The Bertz CT molecular complexity index is 648. The molecule has 2 bridgehead atoms. The van der Waals surface area contributed by atoms with Gasteiger partial charge < -0.3 is 10.1 Å². The number of alkyl halides is 3. The summed E-state index contributed by atoms with van der Waals surface area (Å²) < 4.78 is 5.53. The van der Waals surface area contributed by atoms with E-state index < -0.39 is 5.41 Å². The second-order valence-electron chi connectivity index (χ2n) is 6.95. The molecule has 3 fully saturated rings. The van der Waals surface area contributed by atoms with Gasteiger partial charge in [-0.1, -0.05) is 73.8 Å². The van der Waals surface area contributed by atoms with Gasteiger partial charge in [0.15, 0.2) is 0 Å². The molecule has 6 heteroatoms. The first-order valence-electron chi connectivity index (χ1n) is 7.62. The summed E-state index contributed by atoms with van der Waals surface area (Å²) in [5.74, 6) is 0.756. The number of carbonyl (C=O) groups is 1. The maximum absolute atomic E-state index is 13.2. The number of rotatable bonds is 4. The average molecular weight is 510 g/mol. The Hall–Kier alpha value is -0.0700. The fourth-order valence-corrected chi connectivity index (χ4v) is 9.60. The summed E-state index contributed by atoms with van der Waals surface area (Å²) in [5.41, 5.74) is 0.236. The highest BCUT2D eigenvalue weighted by atomic mass is 79.9. The van der Waals surface area contributed by atoms with Crippen LogP contribution in [0.1, 0.15) is 26.7 Å². The molecule has 3 saturated carbocycles. The molecule has 4 rings (SSSR count). The van der Waals surface area contributed by atoms with E-state index in [9.17, 15) is 4.79 Å². The Labute approximate surface area is 162 Å². The Morgan fingerprint density at radius 3 is 2.48 bits per heavy atom. The lowest BCUT2D eigenvalue weighted by molar-refractivity contribution is -0.155. The molecule has 0 aliphatic heterocycles. The molecule has 1 amide bonds. The monoisotopic (exact) mass is 507 g/mol. The number of carbonyl (C=O) groups excluding carboxylic acids is 1. The lowest BCUT2D eigenvalue weighted by atomic mass is 9.43. The van der Waals surface area contributed by atoms with E-state index in [1.807, 2.05) is 24.3 Å². The molecule has 0 heterocycles. The van der Waals surface area contributed by atoms with Crippen LogP contribution in [0.5, 0.6) is 5.75 Å². The van der Waals surface area contributed by atoms with Crippen LogP contribution in [-0.4, -0.2) is 21.6 Å². The molecule has 1 aromatic rings. The summed E-state index contributed by atoms with van der Waals surface area (Å²) in [5, 5.41) is 3.10. The molecule has 3 nitrogen and oxygen atoms in total. The molecule has 0 unspecified atom stereocenters. The summed E-state index contributed by atoms with van der Waals surface area (Å²) >= 11 is 11.3. The third-order valence-corrected chi connectivity index (χ3v) is 9.48. The van der Waals surface area contributed by atoms with Crippen LogP contribution in [0, 0.1) is 16.2 Å². The van der Waals surface area contributed by atoms with Crippen molar-refractivity contribution >= 4 is 59.4 Å². The second-order valence-corrected chi connectivity index (χ2v) is 10.9. The van der Waals surface area contributed by atoms with E-state index in [0.29, 0.717) is 5.75 Å². The van der Waals surface area contributed by atoms with E-state index in [1.165, 1.54) is 0 Å². The predicted molar refractivity (Wildman–Crippen MR) is 104 cm³/mol. The van der Waals surface area contributed by atoms with Gasteiger partial charge in [0.1, 0.15) is 5.75 Å². The van der Waals surface area contributed by atoms with Crippen molar-refractivity contribution in [3.05, 3.63) is 24.3 Å². The van der Waals surface area contributed by atoms with Crippen LogP contribution in [0.2, 0.25) is 0 Å². The lowest BCUT2D eigenvalue weighted by Gasteiger charge is -2.66. The number of methoxy groups -OCH3 is 1. The number of hydrogen-bond donors (Lipinski definition) is 1. The zero-order valence-electron chi connectivity index (χ0n) is 13.3. The van der Waals surface area contributed by atoms with Crippen LogP contribution in [-0.2, 0) is 4.79 Å². The van der Waals surface area contributed by atoms with Crippen LogP contribution in [0.4, 0.5) is 5.69 Å². The Morgan fingerprint density at radius 1 is 1.30 bits per heavy atom. The predicted octanol–water partition coefficient (Wildman–Crippen LogP) is 5.32. The maximum Gasteiger partial charge on any atom is 0.232 e. The van der Waals surface area contributed by atoms with Gasteiger partial charge in [0, 0.05) is 10.2 Å². The van der Waals surface area contributed by atoms with Crippen molar-refractivity contribution in [2.75, 3.05) is 12.4 Å². The standard InChI is InChI=1S/C17H20Br3NO2/c1-15(2)16(13(19)20)8-9-17(15,12(16)18)14(22)21-10-6-4-5-7-11(10)23-3/h4-7,12-13H,8-9H2,1-3H3,(H,21,22)/t12-,16-,17-/m1/s1. The van der Waals surface area contributed by atoms with E-state index in [0.717, 1.165) is 18.5 Å². The molecule has 3 aliphatic rings. The van der Waals surface area contributed by atoms with Gasteiger partial charge in [0.05, 0.1) is 21.9 Å². The van der Waals surface area contributed by atoms with Gasteiger partial charge in [-0.25, -0.2) is 0 Å². The van der Waals surface area contributed by atoms with Crippen LogP contribution in [0.25, 0.3) is 0 Å². The maximum atomic E-state index is 13.2. The first kappa shape index (κ1) is 17.7. The highest BCUT2D eigenvalue weighted by Crippen LogP contribution is 2.82. The zero-order chi connectivity index (χ0) is 17.0. The second kappa shape index (κ2) is 5.73. The first-order valence-corrected chi connectivity index (χ1v) is 10.4. The lowest BCUT2D eigenvalue weighted by Crippen LogP contribution is -2.71. The van der Waals surface area contributed by atoms with Gasteiger partial charge in [-0.3, -0.25) is 4.79 Å². The third kappa shape index (κ3) is 2.00. The number of para-hydroxylation sites is 2. The fourth-order valence-electron chi connectivity index (χ4n) is 4.68. The van der Waals surface area contributed by atoms with Crippen molar-refractivity contribution in [2.45, 2.75) is 35.3 Å². The molecule has 0 radical (unpaired) electrons. The van der Waals surface area contributed by atoms with Crippen molar-refractivity contribution in [3.63, 3.8) is 0 Å². The van der Waals surface area contributed by atoms with E-state index in [4.69, 9.17) is 4.74 Å². The molecule has 0 spiro atoms. The highest BCUT2D eigenvalue weighted by molar-refractivity contribution is 9.24. The summed E-state index contributed by atoms with van der Waals surface area (Å²) in [4.78, 5) is 13.3. The average Bonchev–Trinajstić information content (AvgIpc) is 2.97. The van der Waals surface area contributed by atoms with Crippen molar-refractivity contribution in [1.82, 2.24) is 0 Å². The minimum atomic E-state index is -0.409. The largest absolute Gasteiger partial charge is 0.495 e. The number of amides is 1. The summed E-state index contributed by atoms with van der Waals surface area (Å²) in [6.07, 6.45) is 1.89. The molecule has 126 valence electrons. The van der Waals surface area contributed by atoms with Crippen LogP contribution < -0.4 is 10.1 Å². The minimum absolute atomic E-state index is 0.0329. The van der Waals surface area contributed by atoms with Gasteiger partial charge >= 0.3 is 0 Å². The van der Waals surface area contributed by atoms with Crippen molar-refractivity contribution < 1.29 is 9.53 Å². The Kier molecular flexibility index (Phi) is 4.42. The number of nitrogens with one attached hydrogen (secondary N) is 1. The van der Waals surface area contributed by atoms with Crippen molar-refractivity contribution in [1.29, 1.82) is 0 Å². The molecule has 3 aliphatic carbocycles. The molecule has 23 heavy (non-hydrogen) atoms. The van der Waals surface area contributed by atoms with Gasteiger partial charge in [0.25, 0.3) is 0 Å². The topological polar surface area (TPSA) is 38.3 Å². The van der Waals surface area contributed by atoms with Gasteiger partial charge in [-0.2, -0.15) is 0 Å². The number of hydrogen-bond acceptors (Lipinski definition) is 2. The van der Waals surface area contributed by atoms with Crippen molar-refractivity contribution in [2.24, 2.45) is 16.2 Å². The third-order valence-electron chi connectivity index (χ3n) is 6.25. The summed E-state index contributed by atoms with van der Waals surface area (Å²) in [6, 6.07) is 7.53. The van der Waals surface area contributed by atoms with Crippen LogP contribution >= 0.6 is 47.8 Å². The fraction of sp³-hybridized carbons (Fsp3) is 0.588. The van der Waals surface area contributed by atoms with Crippen LogP contribution in [0.15, 0.2) is 24.3 Å².